The van der Waals surface area contributed by atoms with Crippen molar-refractivity contribution in [3.63, 3.8) is 0 Å². The molecule has 6 nitrogen and oxygen atoms in total. The van der Waals surface area contributed by atoms with E-state index in [0.29, 0.717) is 45.1 Å². The first-order chi connectivity index (χ1) is 16.5. The quantitative estimate of drug-likeness (QED) is 0.296. The third-order valence-electron chi connectivity index (χ3n) is 5.34. The molecule has 3 aromatic carbocycles. The van der Waals surface area contributed by atoms with Gasteiger partial charge in [-0.2, -0.15) is 4.68 Å². The number of benzene rings is 3. The van der Waals surface area contributed by atoms with Crippen molar-refractivity contribution in [2.45, 2.75) is 13.3 Å². The average Bonchev–Trinajstić information content (AvgIpc) is 3.32. The van der Waals surface area contributed by atoms with Crippen LogP contribution in [0.1, 0.15) is 17.0 Å². The van der Waals surface area contributed by atoms with E-state index < -0.39 is 0 Å². The zero-order valence-electron chi connectivity index (χ0n) is 18.0. The highest BCUT2D eigenvalue weighted by atomic mass is 35.5. The second kappa shape index (κ2) is 9.29. The van der Waals surface area contributed by atoms with E-state index in [1.807, 2.05) is 31.2 Å². The molecule has 0 saturated carbocycles. The van der Waals surface area contributed by atoms with E-state index in [4.69, 9.17) is 28.2 Å². The maximum absolute atomic E-state index is 13.5. The van der Waals surface area contributed by atoms with Crippen LogP contribution < -0.4 is 0 Å². The molecule has 5 aromatic rings. The molecule has 0 unspecified atom stereocenters. The molecule has 0 amide bonds. The first-order valence-corrected chi connectivity index (χ1v) is 11.2. The third kappa shape index (κ3) is 4.40. The van der Waals surface area contributed by atoms with Gasteiger partial charge in [-0.15, -0.1) is 5.10 Å². The number of rotatable bonds is 5. The van der Waals surface area contributed by atoms with Crippen LogP contribution in [-0.2, 0) is 6.42 Å². The predicted molar refractivity (Wildman–Crippen MR) is 130 cm³/mol. The van der Waals surface area contributed by atoms with Crippen LogP contribution in [0.5, 0.6) is 0 Å². The van der Waals surface area contributed by atoms with Crippen LogP contribution in [0.25, 0.3) is 28.3 Å². The van der Waals surface area contributed by atoms with Gasteiger partial charge in [-0.3, -0.25) is 0 Å². The summed E-state index contributed by atoms with van der Waals surface area (Å²) in [5.74, 6) is 0.643. The summed E-state index contributed by atoms with van der Waals surface area (Å²) in [6, 6.07) is 19.3. The number of aromatic nitrogens is 6. The van der Waals surface area contributed by atoms with E-state index in [1.54, 1.807) is 36.5 Å². The largest absolute Gasteiger partial charge is 0.240 e. The average molecular weight is 491 g/mol. The number of hydrogen-bond acceptors (Lipinski definition) is 5. The van der Waals surface area contributed by atoms with Crippen LogP contribution in [-0.4, -0.2) is 30.2 Å². The fourth-order valence-electron chi connectivity index (χ4n) is 3.57. The fraction of sp³-hybridized carbons (Fsp3) is 0.0800. The zero-order valence-corrected chi connectivity index (χ0v) is 19.5. The summed E-state index contributed by atoms with van der Waals surface area (Å²) in [5.41, 5.74) is 4.66. The van der Waals surface area contributed by atoms with Crippen LogP contribution in [0.3, 0.4) is 0 Å². The van der Waals surface area contributed by atoms with Crippen molar-refractivity contribution in [3.05, 3.63) is 106 Å². The highest BCUT2D eigenvalue weighted by Gasteiger charge is 2.19. The second-order valence-corrected chi connectivity index (χ2v) is 8.50. The lowest BCUT2D eigenvalue weighted by atomic mass is 10.0. The minimum atomic E-state index is -0.343. The molecule has 0 fully saturated rings. The van der Waals surface area contributed by atoms with Crippen LogP contribution in [0.4, 0.5) is 4.39 Å². The van der Waals surface area contributed by atoms with Gasteiger partial charge in [0.1, 0.15) is 11.6 Å². The van der Waals surface area contributed by atoms with E-state index in [2.05, 4.69) is 20.5 Å². The number of nitrogens with zero attached hydrogens (tertiary/aromatic N) is 6. The number of tetrazole rings is 1. The summed E-state index contributed by atoms with van der Waals surface area (Å²) in [5, 5.41) is 13.3. The van der Waals surface area contributed by atoms with Crippen molar-refractivity contribution in [2.75, 3.05) is 0 Å². The van der Waals surface area contributed by atoms with E-state index in [1.165, 1.54) is 16.8 Å². The maximum Gasteiger partial charge on any atom is 0.190 e. The van der Waals surface area contributed by atoms with Crippen LogP contribution in [0.2, 0.25) is 10.0 Å². The molecule has 2 aromatic heterocycles. The number of halogens is 3. The zero-order chi connectivity index (χ0) is 23.7. The Labute approximate surface area is 205 Å². The van der Waals surface area contributed by atoms with Crippen molar-refractivity contribution in [1.29, 1.82) is 0 Å². The van der Waals surface area contributed by atoms with Crippen molar-refractivity contribution >= 4 is 23.2 Å². The summed E-state index contributed by atoms with van der Waals surface area (Å²) in [7, 11) is 0. The Hall–Kier alpha value is -3.68. The van der Waals surface area contributed by atoms with Crippen LogP contribution in [0, 0.1) is 12.7 Å². The van der Waals surface area contributed by atoms with E-state index >= 15 is 0 Å². The molecule has 34 heavy (non-hydrogen) atoms. The van der Waals surface area contributed by atoms with E-state index in [0.717, 1.165) is 16.7 Å². The lowest BCUT2D eigenvalue weighted by Gasteiger charge is -2.12. The molecule has 168 valence electrons. The molecule has 9 heteroatoms. The predicted octanol–water partition coefficient (Wildman–Crippen LogP) is 6.13. The normalized spacial score (nSPS) is 11.1. The molecule has 0 aliphatic heterocycles. The standard InChI is InChI=1S/C25H17Cl2FN6/c1-15-5-7-16(8-6-15)24-20(25-31-32-33-34(25)18-11-9-17(28)10-12-18)14-29-23(30-24)13-19-21(26)3-2-4-22(19)27/h2-12,14H,13H2,1H3. The Morgan fingerprint density at radius 3 is 2.32 bits per heavy atom. The second-order valence-electron chi connectivity index (χ2n) is 7.68. The first kappa shape index (κ1) is 22.1. The van der Waals surface area contributed by atoms with Gasteiger partial charge in [0.15, 0.2) is 5.82 Å². The fourth-order valence-corrected chi connectivity index (χ4v) is 4.10. The maximum atomic E-state index is 13.5. The van der Waals surface area contributed by atoms with Gasteiger partial charge in [-0.05, 0) is 59.3 Å². The molecule has 0 aliphatic carbocycles. The minimum Gasteiger partial charge on any atom is -0.240 e. The molecule has 2 heterocycles. The molecule has 0 spiro atoms. The molecule has 5 rings (SSSR count). The Morgan fingerprint density at radius 1 is 0.912 bits per heavy atom. The van der Waals surface area contributed by atoms with Crippen LogP contribution >= 0.6 is 23.2 Å². The van der Waals surface area contributed by atoms with Gasteiger partial charge < -0.3 is 0 Å². The third-order valence-corrected chi connectivity index (χ3v) is 6.05. The molecular weight excluding hydrogens is 474 g/mol. The van der Waals surface area contributed by atoms with Crippen molar-refractivity contribution in [2.24, 2.45) is 0 Å². The van der Waals surface area contributed by atoms with Crippen molar-refractivity contribution in [3.8, 4) is 28.3 Å². The Morgan fingerprint density at radius 2 is 1.62 bits per heavy atom. The van der Waals surface area contributed by atoms with Gasteiger partial charge >= 0.3 is 0 Å². The highest BCUT2D eigenvalue weighted by Crippen LogP contribution is 2.32. The van der Waals surface area contributed by atoms with E-state index in [9.17, 15) is 4.39 Å². The summed E-state index contributed by atoms with van der Waals surface area (Å²) in [4.78, 5) is 9.43. The smallest absolute Gasteiger partial charge is 0.190 e. The summed E-state index contributed by atoms with van der Waals surface area (Å²) in [6.07, 6.45) is 2.05. The molecule has 0 atom stereocenters. The van der Waals surface area contributed by atoms with E-state index in [-0.39, 0.29) is 5.82 Å². The van der Waals surface area contributed by atoms with Crippen molar-refractivity contribution in [1.82, 2.24) is 30.2 Å². The lowest BCUT2D eigenvalue weighted by molar-refractivity contribution is 0.627. The number of aryl methyl sites for hydroxylation is 1. The van der Waals surface area contributed by atoms with Gasteiger partial charge in [0.05, 0.1) is 16.9 Å². The summed E-state index contributed by atoms with van der Waals surface area (Å²) in [6.45, 7) is 2.02. The summed E-state index contributed by atoms with van der Waals surface area (Å²) < 4.78 is 15.0. The van der Waals surface area contributed by atoms with Gasteiger partial charge in [0.25, 0.3) is 0 Å². The lowest BCUT2D eigenvalue weighted by Crippen LogP contribution is -2.05. The highest BCUT2D eigenvalue weighted by molar-refractivity contribution is 6.36. The Balaban J connectivity index is 1.64. The molecule has 0 saturated heterocycles. The molecule has 0 bridgehead atoms. The molecular formula is C25H17Cl2FN6. The van der Waals surface area contributed by atoms with Gasteiger partial charge in [-0.1, -0.05) is 59.1 Å². The first-order valence-electron chi connectivity index (χ1n) is 10.4. The summed E-state index contributed by atoms with van der Waals surface area (Å²) >= 11 is 12.7. The van der Waals surface area contributed by atoms with Crippen molar-refractivity contribution < 1.29 is 4.39 Å². The van der Waals surface area contributed by atoms with Gasteiger partial charge in [-0.25, -0.2) is 14.4 Å². The Bertz CT molecular complexity index is 1450. The Kier molecular flexibility index (Phi) is 6.04. The van der Waals surface area contributed by atoms with Gasteiger partial charge in [0, 0.05) is 28.2 Å². The number of hydrogen-bond donors (Lipinski definition) is 0. The minimum absolute atomic E-state index is 0.343. The molecule has 0 aliphatic rings. The van der Waals surface area contributed by atoms with Gasteiger partial charge in [0.2, 0.25) is 0 Å². The monoisotopic (exact) mass is 490 g/mol. The SMILES string of the molecule is Cc1ccc(-c2nc(Cc3c(Cl)cccc3Cl)ncc2-c2nnnn2-c2ccc(F)cc2)cc1. The van der Waals surface area contributed by atoms with Crippen LogP contribution in [0.15, 0.2) is 72.9 Å². The molecule has 0 N–H and O–H groups in total. The molecule has 0 radical (unpaired) electrons. The topological polar surface area (TPSA) is 69.4 Å².